The number of rotatable bonds is 5. The fourth-order valence-corrected chi connectivity index (χ4v) is 3.71. The van der Waals surface area contributed by atoms with Crippen LogP contribution in [0.15, 0.2) is 30.5 Å². The first-order chi connectivity index (χ1) is 12.1. The second-order valence-corrected chi connectivity index (χ2v) is 6.80. The number of likely N-dealkylation sites (tertiary alicyclic amines) is 1. The van der Waals surface area contributed by atoms with Crippen molar-refractivity contribution in [2.75, 3.05) is 20.2 Å². The molecule has 2 heterocycles. The molecule has 3 rings (SSSR count). The number of benzene rings is 1. The molecule has 25 heavy (non-hydrogen) atoms. The van der Waals surface area contributed by atoms with Gasteiger partial charge in [0.2, 0.25) is 5.91 Å². The molecule has 5 heteroatoms. The number of carbonyl (C=O) groups excluding carboxylic acids is 1. The second kappa shape index (κ2) is 7.72. The van der Waals surface area contributed by atoms with Crippen LogP contribution in [0.5, 0.6) is 5.75 Å². The van der Waals surface area contributed by atoms with Crippen molar-refractivity contribution in [1.29, 1.82) is 0 Å². The highest BCUT2D eigenvalue weighted by atomic mass is 16.5. The highest BCUT2D eigenvalue weighted by Gasteiger charge is 2.26. The molecule has 0 bridgehead atoms. The van der Waals surface area contributed by atoms with Crippen molar-refractivity contribution >= 4 is 5.91 Å². The van der Waals surface area contributed by atoms with Gasteiger partial charge in [-0.05, 0) is 50.8 Å². The molecule has 0 radical (unpaired) electrons. The van der Waals surface area contributed by atoms with Crippen LogP contribution in [-0.4, -0.2) is 40.6 Å². The van der Waals surface area contributed by atoms with Crippen LogP contribution in [0.25, 0.3) is 0 Å². The summed E-state index contributed by atoms with van der Waals surface area (Å²) in [7, 11) is 1.66. The van der Waals surface area contributed by atoms with Crippen LogP contribution >= 0.6 is 0 Å². The number of carbonyl (C=O) groups is 1. The molecule has 1 unspecified atom stereocenters. The molecule has 5 nitrogen and oxygen atoms in total. The molecule has 0 saturated carbocycles. The summed E-state index contributed by atoms with van der Waals surface area (Å²) in [5.74, 6) is 2.13. The maximum Gasteiger partial charge on any atom is 0.222 e. The number of aryl methyl sites for hydroxylation is 3. The predicted molar refractivity (Wildman–Crippen MR) is 97.9 cm³/mol. The Morgan fingerprint density at radius 3 is 2.68 bits per heavy atom. The lowest BCUT2D eigenvalue weighted by atomic mass is 10.0. The molecule has 1 aliphatic rings. The van der Waals surface area contributed by atoms with Gasteiger partial charge in [-0.15, -0.1) is 0 Å². The first kappa shape index (κ1) is 17.5. The Bertz CT molecular complexity index is 702. The van der Waals surface area contributed by atoms with Crippen LogP contribution in [0.4, 0.5) is 0 Å². The van der Waals surface area contributed by atoms with E-state index in [-0.39, 0.29) is 5.91 Å². The Hall–Kier alpha value is -2.30. The van der Waals surface area contributed by atoms with Crippen molar-refractivity contribution in [3.63, 3.8) is 0 Å². The summed E-state index contributed by atoms with van der Waals surface area (Å²) in [6.45, 7) is 5.78. The molecule has 0 spiro atoms. The Labute approximate surface area is 149 Å². The summed E-state index contributed by atoms with van der Waals surface area (Å²) >= 11 is 0. The van der Waals surface area contributed by atoms with Gasteiger partial charge < -0.3 is 14.2 Å². The number of piperidine rings is 1. The van der Waals surface area contributed by atoms with E-state index >= 15 is 0 Å². The number of imidazole rings is 1. The fourth-order valence-electron chi connectivity index (χ4n) is 3.71. The summed E-state index contributed by atoms with van der Waals surface area (Å²) in [4.78, 5) is 19.1. The molecule has 1 amide bonds. The molecular formula is C20H27N3O2. The largest absolute Gasteiger partial charge is 0.497 e. The number of aromatic nitrogens is 2. The number of methoxy groups -OCH3 is 1. The molecule has 0 aliphatic carbocycles. The van der Waals surface area contributed by atoms with Crippen molar-refractivity contribution in [2.45, 2.75) is 45.6 Å². The highest BCUT2D eigenvalue weighted by Crippen LogP contribution is 2.25. The molecule has 134 valence electrons. The molecule has 2 aromatic rings. The Balaban J connectivity index is 1.58. The van der Waals surface area contributed by atoms with Crippen molar-refractivity contribution in [1.82, 2.24) is 14.5 Å². The average molecular weight is 341 g/mol. The maximum atomic E-state index is 12.7. The third kappa shape index (κ3) is 4.03. The molecule has 1 aliphatic heterocycles. The van der Waals surface area contributed by atoms with E-state index in [4.69, 9.17) is 4.74 Å². The average Bonchev–Trinajstić information content (AvgIpc) is 2.98. The van der Waals surface area contributed by atoms with Crippen LogP contribution in [0, 0.1) is 13.8 Å². The minimum atomic E-state index is 0.246. The van der Waals surface area contributed by atoms with Gasteiger partial charge in [0.25, 0.3) is 0 Å². The number of hydrogen-bond donors (Lipinski definition) is 0. The zero-order valence-electron chi connectivity index (χ0n) is 15.4. The molecule has 0 N–H and O–H groups in total. The number of hydrogen-bond acceptors (Lipinski definition) is 3. The first-order valence-electron chi connectivity index (χ1n) is 8.99. The van der Waals surface area contributed by atoms with Gasteiger partial charge in [-0.1, -0.05) is 12.1 Å². The quantitative estimate of drug-likeness (QED) is 0.838. The highest BCUT2D eigenvalue weighted by molar-refractivity contribution is 5.76. The SMILES string of the molecule is COc1ccc(CCC(=O)N2CCCC(n3c(C)cnc3C)C2)cc1. The van der Waals surface area contributed by atoms with Gasteiger partial charge in [0.15, 0.2) is 0 Å². The van der Waals surface area contributed by atoms with Crippen molar-refractivity contribution in [2.24, 2.45) is 0 Å². The monoisotopic (exact) mass is 341 g/mol. The minimum Gasteiger partial charge on any atom is -0.497 e. The normalized spacial score (nSPS) is 17.6. The third-order valence-electron chi connectivity index (χ3n) is 5.07. The zero-order chi connectivity index (χ0) is 17.8. The number of amides is 1. The summed E-state index contributed by atoms with van der Waals surface area (Å²) in [6, 6.07) is 8.30. The predicted octanol–water partition coefficient (Wildman–Crippen LogP) is 3.30. The van der Waals surface area contributed by atoms with Crippen molar-refractivity contribution in [3.05, 3.63) is 47.5 Å². The van der Waals surface area contributed by atoms with E-state index in [0.717, 1.165) is 43.9 Å². The van der Waals surface area contributed by atoms with E-state index in [1.54, 1.807) is 7.11 Å². The van der Waals surface area contributed by atoms with Crippen LogP contribution in [0.3, 0.4) is 0 Å². The van der Waals surface area contributed by atoms with E-state index in [9.17, 15) is 4.79 Å². The topological polar surface area (TPSA) is 47.4 Å². The molecule has 1 atom stereocenters. The van der Waals surface area contributed by atoms with E-state index in [1.165, 1.54) is 11.3 Å². The summed E-state index contributed by atoms with van der Waals surface area (Å²) in [5.41, 5.74) is 2.35. The van der Waals surface area contributed by atoms with E-state index in [1.807, 2.05) is 42.3 Å². The van der Waals surface area contributed by atoms with Gasteiger partial charge in [0.1, 0.15) is 11.6 Å². The van der Waals surface area contributed by atoms with Crippen LogP contribution in [-0.2, 0) is 11.2 Å². The lowest BCUT2D eigenvalue weighted by molar-refractivity contribution is -0.132. The van der Waals surface area contributed by atoms with Gasteiger partial charge in [0, 0.05) is 31.4 Å². The van der Waals surface area contributed by atoms with Crippen LogP contribution < -0.4 is 4.74 Å². The lowest BCUT2D eigenvalue weighted by Crippen LogP contribution is -2.41. The maximum absolute atomic E-state index is 12.7. The number of nitrogens with zero attached hydrogens (tertiary/aromatic N) is 3. The lowest BCUT2D eigenvalue weighted by Gasteiger charge is -2.34. The van der Waals surface area contributed by atoms with Gasteiger partial charge in [-0.25, -0.2) is 4.98 Å². The molecular weight excluding hydrogens is 314 g/mol. The molecule has 1 aromatic carbocycles. The molecule has 1 aromatic heterocycles. The minimum absolute atomic E-state index is 0.246. The van der Waals surface area contributed by atoms with Gasteiger partial charge in [-0.3, -0.25) is 4.79 Å². The second-order valence-electron chi connectivity index (χ2n) is 6.80. The zero-order valence-corrected chi connectivity index (χ0v) is 15.4. The summed E-state index contributed by atoms with van der Waals surface area (Å²) < 4.78 is 7.45. The Kier molecular flexibility index (Phi) is 5.41. The van der Waals surface area contributed by atoms with E-state index in [0.29, 0.717) is 12.5 Å². The van der Waals surface area contributed by atoms with Crippen molar-refractivity contribution in [3.8, 4) is 5.75 Å². The fraction of sp³-hybridized carbons (Fsp3) is 0.500. The van der Waals surface area contributed by atoms with Gasteiger partial charge >= 0.3 is 0 Å². The smallest absolute Gasteiger partial charge is 0.222 e. The Morgan fingerprint density at radius 1 is 1.28 bits per heavy atom. The van der Waals surface area contributed by atoms with E-state index < -0.39 is 0 Å². The summed E-state index contributed by atoms with van der Waals surface area (Å²) in [6.07, 6.45) is 5.41. The molecule has 1 saturated heterocycles. The molecule has 1 fully saturated rings. The van der Waals surface area contributed by atoms with Gasteiger partial charge in [0.05, 0.1) is 13.2 Å². The summed E-state index contributed by atoms with van der Waals surface area (Å²) in [5, 5.41) is 0. The first-order valence-corrected chi connectivity index (χ1v) is 8.99. The van der Waals surface area contributed by atoms with Crippen LogP contribution in [0.1, 0.15) is 42.4 Å². The van der Waals surface area contributed by atoms with Gasteiger partial charge in [-0.2, -0.15) is 0 Å². The van der Waals surface area contributed by atoms with Crippen molar-refractivity contribution < 1.29 is 9.53 Å². The standard InChI is InChI=1S/C20H27N3O2/c1-15-13-21-16(2)23(15)18-5-4-12-22(14-18)20(24)11-8-17-6-9-19(25-3)10-7-17/h6-7,9-10,13,18H,4-5,8,11-12,14H2,1-3H3. The van der Waals surface area contributed by atoms with Crippen LogP contribution in [0.2, 0.25) is 0 Å². The third-order valence-corrected chi connectivity index (χ3v) is 5.07. The van der Waals surface area contributed by atoms with E-state index in [2.05, 4.69) is 16.5 Å². The number of ether oxygens (including phenoxy) is 1. The Morgan fingerprint density at radius 2 is 2.04 bits per heavy atom.